The van der Waals surface area contributed by atoms with Crippen LogP contribution in [0, 0.1) is 0 Å². The van der Waals surface area contributed by atoms with Crippen LogP contribution in [0.4, 0.5) is 23.0 Å². The fraction of sp³-hybridized carbons (Fsp3) is 0.188. The lowest BCUT2D eigenvalue weighted by atomic mass is 10.2. The number of rotatable bonds is 4. The zero-order chi connectivity index (χ0) is 15.4. The van der Waals surface area contributed by atoms with Crippen molar-refractivity contribution < 1.29 is 4.79 Å². The van der Waals surface area contributed by atoms with Crippen LogP contribution in [0.2, 0.25) is 0 Å². The van der Waals surface area contributed by atoms with Crippen LogP contribution < -0.4 is 15.5 Å². The highest BCUT2D eigenvalue weighted by atomic mass is 16.1. The Balaban J connectivity index is 1.82. The second-order valence-electron chi connectivity index (χ2n) is 4.89. The van der Waals surface area contributed by atoms with Crippen molar-refractivity contribution in [2.45, 2.75) is 6.92 Å². The molecular formula is C16H17N5O. The van der Waals surface area contributed by atoms with Crippen LogP contribution in [0.15, 0.2) is 48.8 Å². The summed E-state index contributed by atoms with van der Waals surface area (Å²) in [4.78, 5) is 21.7. The Kier molecular flexibility index (Phi) is 4.00. The van der Waals surface area contributed by atoms with E-state index in [2.05, 4.69) is 25.5 Å². The van der Waals surface area contributed by atoms with Gasteiger partial charge in [-0.2, -0.15) is 0 Å². The summed E-state index contributed by atoms with van der Waals surface area (Å²) in [5, 5.41) is 6.03. The van der Waals surface area contributed by atoms with Gasteiger partial charge in [0.15, 0.2) is 11.6 Å². The quantitative estimate of drug-likeness (QED) is 0.847. The van der Waals surface area contributed by atoms with Crippen LogP contribution in [0.5, 0.6) is 0 Å². The van der Waals surface area contributed by atoms with Crippen molar-refractivity contribution in [1.29, 1.82) is 0 Å². The van der Waals surface area contributed by atoms with Gasteiger partial charge in [0, 0.05) is 32.4 Å². The predicted octanol–water partition coefficient (Wildman–Crippen LogP) is 2.36. The molecule has 6 nitrogen and oxygen atoms in total. The van der Waals surface area contributed by atoms with E-state index in [1.165, 1.54) is 6.92 Å². The van der Waals surface area contributed by atoms with E-state index in [1.807, 2.05) is 36.4 Å². The van der Waals surface area contributed by atoms with E-state index in [4.69, 9.17) is 0 Å². The summed E-state index contributed by atoms with van der Waals surface area (Å²) in [7, 11) is 0. The third-order valence-electron chi connectivity index (χ3n) is 3.31. The Labute approximate surface area is 128 Å². The summed E-state index contributed by atoms with van der Waals surface area (Å²) in [6.45, 7) is 2.69. The summed E-state index contributed by atoms with van der Waals surface area (Å²) in [6.07, 6.45) is 7.30. The van der Waals surface area contributed by atoms with Crippen molar-refractivity contribution in [3.8, 4) is 0 Å². The molecule has 2 heterocycles. The number of anilines is 4. The molecule has 1 aliphatic rings. The zero-order valence-corrected chi connectivity index (χ0v) is 12.3. The van der Waals surface area contributed by atoms with E-state index >= 15 is 0 Å². The molecule has 0 radical (unpaired) electrons. The first kappa shape index (κ1) is 14.1. The molecular weight excluding hydrogens is 278 g/mol. The number of aromatic nitrogens is 2. The molecule has 112 valence electrons. The Morgan fingerprint density at radius 3 is 2.95 bits per heavy atom. The lowest BCUT2D eigenvalue weighted by molar-refractivity contribution is -0.118. The highest BCUT2D eigenvalue weighted by Crippen LogP contribution is 2.40. The van der Waals surface area contributed by atoms with Gasteiger partial charge in [0.1, 0.15) is 0 Å². The standard InChI is InChI=1S/C16H17N5O/c1-12(22)17-8-4-5-11-21-14-7-3-2-6-13(14)20-15-16(21)19-10-9-18-15/h2-7,9-10H,8,11H2,1H3,(H,17,22)(H,18,20). The van der Waals surface area contributed by atoms with E-state index in [9.17, 15) is 4.79 Å². The minimum Gasteiger partial charge on any atom is -0.353 e. The highest BCUT2D eigenvalue weighted by molar-refractivity contribution is 5.88. The number of nitrogens with zero attached hydrogens (tertiary/aromatic N) is 3. The molecule has 0 fully saturated rings. The molecule has 1 aliphatic heterocycles. The lowest BCUT2D eigenvalue weighted by Crippen LogP contribution is -2.25. The van der Waals surface area contributed by atoms with Gasteiger partial charge in [-0.25, -0.2) is 9.97 Å². The SMILES string of the molecule is CC(=O)NCC=CCN1c2ccccc2Nc2nccnc21. The van der Waals surface area contributed by atoms with Gasteiger partial charge in [0.2, 0.25) is 5.91 Å². The van der Waals surface area contributed by atoms with E-state index in [0.29, 0.717) is 13.1 Å². The largest absolute Gasteiger partial charge is 0.353 e. The van der Waals surface area contributed by atoms with Crippen LogP contribution in [-0.2, 0) is 4.79 Å². The minimum absolute atomic E-state index is 0.0339. The summed E-state index contributed by atoms with van der Waals surface area (Å²) < 4.78 is 0. The fourth-order valence-electron chi connectivity index (χ4n) is 2.32. The first-order chi connectivity index (χ1) is 10.8. The molecule has 0 saturated carbocycles. The molecule has 0 saturated heterocycles. The molecule has 1 amide bonds. The van der Waals surface area contributed by atoms with E-state index < -0.39 is 0 Å². The van der Waals surface area contributed by atoms with E-state index in [1.54, 1.807) is 12.4 Å². The third-order valence-corrected chi connectivity index (χ3v) is 3.31. The molecule has 0 bridgehead atoms. The molecule has 0 aliphatic carbocycles. The third kappa shape index (κ3) is 2.90. The number of fused-ring (bicyclic) bond motifs is 2. The van der Waals surface area contributed by atoms with Crippen molar-refractivity contribution in [2.75, 3.05) is 23.3 Å². The van der Waals surface area contributed by atoms with Crippen molar-refractivity contribution in [1.82, 2.24) is 15.3 Å². The van der Waals surface area contributed by atoms with E-state index in [0.717, 1.165) is 23.0 Å². The number of carbonyl (C=O) groups excluding carboxylic acids is 1. The molecule has 1 aromatic carbocycles. The molecule has 0 spiro atoms. The van der Waals surface area contributed by atoms with Crippen LogP contribution in [0.25, 0.3) is 0 Å². The van der Waals surface area contributed by atoms with Gasteiger partial charge >= 0.3 is 0 Å². The molecule has 2 N–H and O–H groups in total. The molecule has 0 unspecified atom stereocenters. The monoisotopic (exact) mass is 295 g/mol. The maximum atomic E-state index is 10.9. The predicted molar refractivity (Wildman–Crippen MR) is 86.6 cm³/mol. The van der Waals surface area contributed by atoms with Gasteiger partial charge in [0.25, 0.3) is 0 Å². The number of hydrogen-bond donors (Lipinski definition) is 2. The number of nitrogens with one attached hydrogen (secondary N) is 2. The second-order valence-corrected chi connectivity index (χ2v) is 4.89. The molecule has 6 heteroatoms. The first-order valence-corrected chi connectivity index (χ1v) is 7.10. The molecule has 0 atom stereocenters. The number of amides is 1. The first-order valence-electron chi connectivity index (χ1n) is 7.10. The van der Waals surface area contributed by atoms with Crippen LogP contribution in [0.1, 0.15) is 6.92 Å². The second kappa shape index (κ2) is 6.26. The summed E-state index contributed by atoms with van der Waals surface area (Å²) in [6, 6.07) is 8.04. The summed E-state index contributed by atoms with van der Waals surface area (Å²) in [5.41, 5.74) is 2.06. The van der Waals surface area contributed by atoms with Gasteiger partial charge < -0.3 is 15.5 Å². The normalized spacial score (nSPS) is 12.5. The van der Waals surface area contributed by atoms with Gasteiger partial charge in [-0.1, -0.05) is 24.3 Å². The number of benzene rings is 1. The molecule has 3 rings (SSSR count). The lowest BCUT2D eigenvalue weighted by Gasteiger charge is -2.30. The smallest absolute Gasteiger partial charge is 0.217 e. The number of carbonyl (C=O) groups is 1. The average Bonchev–Trinajstić information content (AvgIpc) is 2.53. The van der Waals surface area contributed by atoms with Crippen molar-refractivity contribution in [2.24, 2.45) is 0 Å². The Hall–Kier alpha value is -2.89. The van der Waals surface area contributed by atoms with E-state index in [-0.39, 0.29) is 5.91 Å². The highest BCUT2D eigenvalue weighted by Gasteiger charge is 2.22. The summed E-state index contributed by atoms with van der Waals surface area (Å²) >= 11 is 0. The fourth-order valence-corrected chi connectivity index (χ4v) is 2.32. The zero-order valence-electron chi connectivity index (χ0n) is 12.3. The summed E-state index contributed by atoms with van der Waals surface area (Å²) in [5.74, 6) is 1.51. The molecule has 1 aromatic heterocycles. The van der Waals surface area contributed by atoms with Gasteiger partial charge in [-0.15, -0.1) is 0 Å². The number of para-hydroxylation sites is 2. The number of hydrogen-bond acceptors (Lipinski definition) is 5. The Morgan fingerprint density at radius 2 is 2.09 bits per heavy atom. The van der Waals surface area contributed by atoms with Crippen LogP contribution >= 0.6 is 0 Å². The topological polar surface area (TPSA) is 70.2 Å². The average molecular weight is 295 g/mol. The Bertz CT molecular complexity index is 668. The molecule has 2 aromatic rings. The van der Waals surface area contributed by atoms with Gasteiger partial charge in [0.05, 0.1) is 11.4 Å². The molecule has 22 heavy (non-hydrogen) atoms. The van der Waals surface area contributed by atoms with Gasteiger partial charge in [-0.05, 0) is 12.1 Å². The van der Waals surface area contributed by atoms with Crippen molar-refractivity contribution in [3.05, 3.63) is 48.8 Å². The Morgan fingerprint density at radius 1 is 1.27 bits per heavy atom. The maximum absolute atomic E-state index is 10.9. The maximum Gasteiger partial charge on any atom is 0.217 e. The van der Waals surface area contributed by atoms with Crippen molar-refractivity contribution in [3.63, 3.8) is 0 Å². The van der Waals surface area contributed by atoms with Crippen molar-refractivity contribution >= 4 is 28.9 Å². The van der Waals surface area contributed by atoms with Gasteiger partial charge in [-0.3, -0.25) is 4.79 Å². The van der Waals surface area contributed by atoms with Crippen LogP contribution in [0.3, 0.4) is 0 Å². The van der Waals surface area contributed by atoms with Crippen LogP contribution in [-0.4, -0.2) is 29.0 Å². The minimum atomic E-state index is -0.0339.